The molecule has 0 radical (unpaired) electrons. The van der Waals surface area contributed by atoms with Crippen LogP contribution in [-0.4, -0.2) is 42.9 Å². The number of aryl methyl sites for hydroxylation is 1. The predicted octanol–water partition coefficient (Wildman–Crippen LogP) is 1.95. The zero-order valence-electron chi connectivity index (χ0n) is 14.9. The van der Waals surface area contributed by atoms with E-state index in [1.807, 2.05) is 12.1 Å². The Morgan fingerprint density at radius 2 is 1.96 bits per heavy atom. The Bertz CT molecular complexity index is 1030. The predicted molar refractivity (Wildman–Crippen MR) is 100 cm³/mol. The summed E-state index contributed by atoms with van der Waals surface area (Å²) in [6, 6.07) is 11.3. The van der Waals surface area contributed by atoms with Gasteiger partial charge in [-0.3, -0.25) is 9.69 Å². The number of nitrogens with zero attached hydrogens (tertiary/aromatic N) is 4. The standard InChI is InChI=1S/C20H18N4O4/c25-15-6-7-18(21-12-15)23-10-9-14(22-23)5-8-19(26)24-16-4-2-1-3-13(16)11-17(24)20(27)28/h1-4,6-7,9-10,12,17,25H,5,8,11H2,(H,27,28). The van der Waals surface area contributed by atoms with Crippen molar-refractivity contribution in [1.29, 1.82) is 0 Å². The molecular formula is C20H18N4O4. The van der Waals surface area contributed by atoms with Gasteiger partial charge in [0, 0.05) is 31.1 Å². The van der Waals surface area contributed by atoms with Gasteiger partial charge in [-0.2, -0.15) is 5.10 Å². The molecule has 3 aromatic rings. The average molecular weight is 378 g/mol. The Labute approximate surface area is 160 Å². The molecule has 0 saturated heterocycles. The summed E-state index contributed by atoms with van der Waals surface area (Å²) < 4.78 is 1.56. The van der Waals surface area contributed by atoms with E-state index in [4.69, 9.17) is 0 Å². The maximum absolute atomic E-state index is 12.8. The molecule has 8 nitrogen and oxygen atoms in total. The highest BCUT2D eigenvalue weighted by molar-refractivity contribution is 6.01. The number of pyridine rings is 1. The first-order valence-corrected chi connectivity index (χ1v) is 8.85. The van der Waals surface area contributed by atoms with Crippen molar-refractivity contribution in [2.75, 3.05) is 4.90 Å². The van der Waals surface area contributed by atoms with Crippen LogP contribution < -0.4 is 4.90 Å². The van der Waals surface area contributed by atoms with Crippen LogP contribution in [0.3, 0.4) is 0 Å². The third-order valence-electron chi connectivity index (χ3n) is 4.74. The van der Waals surface area contributed by atoms with Crippen molar-refractivity contribution in [3.63, 3.8) is 0 Å². The van der Waals surface area contributed by atoms with Gasteiger partial charge in [-0.25, -0.2) is 14.5 Å². The summed E-state index contributed by atoms with van der Waals surface area (Å²) >= 11 is 0. The molecule has 0 fully saturated rings. The summed E-state index contributed by atoms with van der Waals surface area (Å²) in [6.07, 6.45) is 3.91. The van der Waals surface area contributed by atoms with Crippen molar-refractivity contribution < 1.29 is 19.8 Å². The second-order valence-electron chi connectivity index (χ2n) is 6.58. The topological polar surface area (TPSA) is 109 Å². The van der Waals surface area contributed by atoms with E-state index in [1.54, 1.807) is 35.1 Å². The molecule has 1 atom stereocenters. The number of para-hydroxylation sites is 1. The SMILES string of the molecule is O=C(O)C1Cc2ccccc2N1C(=O)CCc1ccn(-c2ccc(O)cn2)n1. The molecule has 2 aromatic heterocycles. The smallest absolute Gasteiger partial charge is 0.327 e. The first-order chi connectivity index (χ1) is 13.5. The molecule has 4 rings (SSSR count). The quantitative estimate of drug-likeness (QED) is 0.702. The monoisotopic (exact) mass is 378 g/mol. The molecule has 1 unspecified atom stereocenters. The fourth-order valence-corrected chi connectivity index (χ4v) is 3.38. The van der Waals surface area contributed by atoms with Gasteiger partial charge in [-0.05, 0) is 29.8 Å². The maximum Gasteiger partial charge on any atom is 0.327 e. The average Bonchev–Trinajstić information content (AvgIpc) is 3.31. The van der Waals surface area contributed by atoms with Crippen molar-refractivity contribution in [1.82, 2.24) is 14.8 Å². The lowest BCUT2D eigenvalue weighted by atomic mass is 10.1. The molecule has 142 valence electrons. The van der Waals surface area contributed by atoms with Crippen LogP contribution in [0.1, 0.15) is 17.7 Å². The number of amides is 1. The molecule has 1 amide bonds. The molecule has 2 N–H and O–H groups in total. The van der Waals surface area contributed by atoms with E-state index in [0.29, 0.717) is 30.0 Å². The van der Waals surface area contributed by atoms with Crippen LogP contribution in [0.4, 0.5) is 5.69 Å². The van der Waals surface area contributed by atoms with Crippen LogP contribution in [0.15, 0.2) is 54.9 Å². The van der Waals surface area contributed by atoms with Crippen LogP contribution >= 0.6 is 0 Å². The minimum Gasteiger partial charge on any atom is -0.506 e. The summed E-state index contributed by atoms with van der Waals surface area (Å²) in [6.45, 7) is 0. The van der Waals surface area contributed by atoms with Gasteiger partial charge in [0.2, 0.25) is 5.91 Å². The fourth-order valence-electron chi connectivity index (χ4n) is 3.38. The van der Waals surface area contributed by atoms with E-state index < -0.39 is 12.0 Å². The molecule has 0 bridgehead atoms. The minimum atomic E-state index is -1.01. The second-order valence-corrected chi connectivity index (χ2v) is 6.58. The molecule has 8 heteroatoms. The van der Waals surface area contributed by atoms with Crippen LogP contribution in [-0.2, 0) is 22.4 Å². The van der Waals surface area contributed by atoms with E-state index >= 15 is 0 Å². The third-order valence-corrected chi connectivity index (χ3v) is 4.74. The van der Waals surface area contributed by atoms with Crippen molar-refractivity contribution in [3.05, 3.63) is 66.1 Å². The largest absolute Gasteiger partial charge is 0.506 e. The summed E-state index contributed by atoms with van der Waals surface area (Å²) in [4.78, 5) is 29.9. The summed E-state index contributed by atoms with van der Waals surface area (Å²) in [5, 5.41) is 23.2. The van der Waals surface area contributed by atoms with Gasteiger partial charge in [0.15, 0.2) is 5.82 Å². The number of benzene rings is 1. The number of aliphatic carboxylic acids is 1. The highest BCUT2D eigenvalue weighted by Crippen LogP contribution is 2.32. The van der Waals surface area contributed by atoms with Gasteiger partial charge in [-0.1, -0.05) is 18.2 Å². The van der Waals surface area contributed by atoms with Gasteiger partial charge >= 0.3 is 5.97 Å². The Morgan fingerprint density at radius 1 is 1.14 bits per heavy atom. The molecular weight excluding hydrogens is 360 g/mol. The molecule has 0 saturated carbocycles. The van der Waals surface area contributed by atoms with E-state index in [9.17, 15) is 19.8 Å². The van der Waals surface area contributed by atoms with Gasteiger partial charge in [0.05, 0.1) is 11.9 Å². The van der Waals surface area contributed by atoms with Gasteiger partial charge < -0.3 is 10.2 Å². The number of hydrogen-bond acceptors (Lipinski definition) is 5. The van der Waals surface area contributed by atoms with Crippen molar-refractivity contribution in [2.24, 2.45) is 0 Å². The number of fused-ring (bicyclic) bond motifs is 1. The zero-order chi connectivity index (χ0) is 19.7. The number of carboxylic acid groups (broad SMARTS) is 1. The first kappa shape index (κ1) is 17.7. The first-order valence-electron chi connectivity index (χ1n) is 8.85. The Kier molecular flexibility index (Phi) is 4.52. The molecule has 1 aliphatic rings. The van der Waals surface area contributed by atoms with E-state index in [1.165, 1.54) is 17.2 Å². The normalized spacial score (nSPS) is 15.4. The summed E-state index contributed by atoms with van der Waals surface area (Å²) in [7, 11) is 0. The van der Waals surface area contributed by atoms with E-state index in [0.717, 1.165) is 5.56 Å². The Hall–Kier alpha value is -3.68. The van der Waals surface area contributed by atoms with Crippen molar-refractivity contribution >= 4 is 17.6 Å². The lowest BCUT2D eigenvalue weighted by Crippen LogP contribution is -2.43. The highest BCUT2D eigenvalue weighted by Gasteiger charge is 2.37. The van der Waals surface area contributed by atoms with Crippen LogP contribution in [0.2, 0.25) is 0 Å². The Balaban J connectivity index is 1.47. The lowest BCUT2D eigenvalue weighted by Gasteiger charge is -2.22. The molecule has 3 heterocycles. The number of aromatic hydroxyl groups is 1. The number of anilines is 1. The molecule has 0 aliphatic carbocycles. The Morgan fingerprint density at radius 3 is 2.71 bits per heavy atom. The highest BCUT2D eigenvalue weighted by atomic mass is 16.4. The number of carbonyl (C=O) groups excluding carboxylic acids is 1. The number of rotatable bonds is 5. The maximum atomic E-state index is 12.8. The molecule has 0 spiro atoms. The van der Waals surface area contributed by atoms with Crippen LogP contribution in [0.25, 0.3) is 5.82 Å². The number of aromatic nitrogens is 3. The van der Waals surface area contributed by atoms with Gasteiger partial charge in [0.1, 0.15) is 11.8 Å². The van der Waals surface area contributed by atoms with Gasteiger partial charge in [-0.15, -0.1) is 0 Å². The minimum absolute atomic E-state index is 0.0700. The van der Waals surface area contributed by atoms with Crippen molar-refractivity contribution in [3.8, 4) is 11.6 Å². The third kappa shape index (κ3) is 3.32. The summed E-state index contributed by atoms with van der Waals surface area (Å²) in [5.74, 6) is -0.628. The molecule has 1 aromatic carbocycles. The number of hydrogen-bond donors (Lipinski definition) is 2. The van der Waals surface area contributed by atoms with Crippen molar-refractivity contribution in [2.45, 2.75) is 25.3 Å². The number of carboxylic acids is 1. The summed E-state index contributed by atoms with van der Waals surface area (Å²) in [5.41, 5.74) is 2.23. The number of carbonyl (C=O) groups is 2. The van der Waals surface area contributed by atoms with E-state index in [-0.39, 0.29) is 18.1 Å². The second kappa shape index (κ2) is 7.15. The van der Waals surface area contributed by atoms with E-state index in [2.05, 4.69) is 10.1 Å². The van der Waals surface area contributed by atoms with Gasteiger partial charge in [0.25, 0.3) is 0 Å². The zero-order valence-corrected chi connectivity index (χ0v) is 14.9. The fraction of sp³-hybridized carbons (Fsp3) is 0.200. The lowest BCUT2D eigenvalue weighted by molar-refractivity contribution is -0.139. The molecule has 1 aliphatic heterocycles. The molecule has 28 heavy (non-hydrogen) atoms. The van der Waals surface area contributed by atoms with Crippen LogP contribution in [0, 0.1) is 0 Å². The van der Waals surface area contributed by atoms with Crippen LogP contribution in [0.5, 0.6) is 5.75 Å².